The van der Waals surface area contributed by atoms with Crippen LogP contribution in [-0.2, 0) is 4.79 Å². The highest BCUT2D eigenvalue weighted by Crippen LogP contribution is 2.27. The van der Waals surface area contributed by atoms with Gasteiger partial charge in [-0.1, -0.05) is 31.7 Å². The Bertz CT molecular complexity index is 752. The van der Waals surface area contributed by atoms with Gasteiger partial charge in [0.2, 0.25) is 5.91 Å². The monoisotopic (exact) mass is 328 g/mol. The number of benzene rings is 1. The van der Waals surface area contributed by atoms with Crippen LogP contribution in [0.15, 0.2) is 42.3 Å². The van der Waals surface area contributed by atoms with E-state index in [1.54, 1.807) is 11.3 Å². The smallest absolute Gasteiger partial charge is 0.255 e. The van der Waals surface area contributed by atoms with Crippen LogP contribution in [0, 0.1) is 0 Å². The average Bonchev–Trinajstić information content (AvgIpc) is 3.03. The number of amides is 2. The van der Waals surface area contributed by atoms with Crippen LogP contribution < -0.4 is 0 Å². The molecule has 2 aromatic rings. The predicted octanol–water partition coefficient (Wildman–Crippen LogP) is 3.15. The quantitative estimate of drug-likeness (QED) is 0.812. The second-order valence-electron chi connectivity index (χ2n) is 5.69. The Kier molecular flexibility index (Phi) is 4.48. The van der Waals surface area contributed by atoms with E-state index < -0.39 is 0 Å². The Morgan fingerprint density at radius 3 is 2.87 bits per heavy atom. The van der Waals surface area contributed by atoms with E-state index in [9.17, 15) is 9.59 Å². The van der Waals surface area contributed by atoms with E-state index in [1.807, 2.05) is 46.4 Å². The van der Waals surface area contributed by atoms with Crippen LogP contribution in [0.4, 0.5) is 0 Å². The summed E-state index contributed by atoms with van der Waals surface area (Å²) in [5.41, 5.74) is 0.768. The average molecular weight is 328 g/mol. The van der Waals surface area contributed by atoms with E-state index in [4.69, 9.17) is 0 Å². The fourth-order valence-electron chi connectivity index (χ4n) is 3.11. The second kappa shape index (κ2) is 6.54. The lowest BCUT2D eigenvalue weighted by atomic mass is 10.1. The van der Waals surface area contributed by atoms with Crippen LogP contribution in [0.5, 0.6) is 0 Å². The largest absolute Gasteiger partial charge is 0.335 e. The molecule has 0 spiro atoms. The van der Waals surface area contributed by atoms with Gasteiger partial charge >= 0.3 is 0 Å². The summed E-state index contributed by atoms with van der Waals surface area (Å²) in [4.78, 5) is 28.5. The highest BCUT2D eigenvalue weighted by Gasteiger charge is 2.31. The van der Waals surface area contributed by atoms with Gasteiger partial charge in [-0.05, 0) is 18.6 Å². The number of rotatable bonds is 3. The zero-order valence-corrected chi connectivity index (χ0v) is 14.0. The topological polar surface area (TPSA) is 40.6 Å². The first-order chi connectivity index (χ1) is 11.2. The van der Waals surface area contributed by atoms with Crippen molar-refractivity contribution in [1.82, 2.24) is 9.80 Å². The molecular weight excluding hydrogens is 308 g/mol. The summed E-state index contributed by atoms with van der Waals surface area (Å²) in [6, 6.07) is 8.03. The number of fused-ring (bicyclic) bond motifs is 1. The molecule has 0 bridgehead atoms. The number of hydrogen-bond acceptors (Lipinski definition) is 3. The highest BCUT2D eigenvalue weighted by molar-refractivity contribution is 7.17. The number of piperazine rings is 1. The summed E-state index contributed by atoms with van der Waals surface area (Å²) in [5, 5.41) is 2.95. The Labute approximate surface area is 140 Å². The Morgan fingerprint density at radius 1 is 1.35 bits per heavy atom. The number of nitrogens with zero attached hydrogens (tertiary/aromatic N) is 2. The van der Waals surface area contributed by atoms with Gasteiger partial charge in [0, 0.05) is 41.1 Å². The molecule has 2 heterocycles. The number of carbonyl (C=O) groups is 2. The van der Waals surface area contributed by atoms with Crippen molar-refractivity contribution in [2.45, 2.75) is 19.4 Å². The molecule has 0 N–H and O–H groups in total. The first kappa shape index (κ1) is 15.7. The predicted molar refractivity (Wildman–Crippen MR) is 93.7 cm³/mol. The Morgan fingerprint density at radius 2 is 2.13 bits per heavy atom. The van der Waals surface area contributed by atoms with E-state index in [1.165, 1.54) is 6.08 Å². The van der Waals surface area contributed by atoms with Gasteiger partial charge in [0.1, 0.15) is 0 Å². The molecule has 3 rings (SSSR count). The van der Waals surface area contributed by atoms with Crippen LogP contribution in [0.1, 0.15) is 23.7 Å². The Hall–Kier alpha value is -2.14. The van der Waals surface area contributed by atoms with Crippen LogP contribution >= 0.6 is 11.3 Å². The van der Waals surface area contributed by atoms with Gasteiger partial charge in [0.25, 0.3) is 5.91 Å². The summed E-state index contributed by atoms with van der Waals surface area (Å²) in [5.74, 6) is 0.0107. The van der Waals surface area contributed by atoms with Crippen molar-refractivity contribution in [3.8, 4) is 0 Å². The maximum atomic E-state index is 12.9. The third-order valence-electron chi connectivity index (χ3n) is 4.41. The van der Waals surface area contributed by atoms with E-state index in [0.29, 0.717) is 19.6 Å². The summed E-state index contributed by atoms with van der Waals surface area (Å²) in [6.07, 6.45) is 2.18. The van der Waals surface area contributed by atoms with Gasteiger partial charge in [-0.3, -0.25) is 9.59 Å². The first-order valence-corrected chi connectivity index (χ1v) is 8.72. The molecule has 0 unspecified atom stereocenters. The molecule has 23 heavy (non-hydrogen) atoms. The molecule has 1 atom stereocenters. The molecule has 1 aromatic carbocycles. The molecule has 1 aromatic heterocycles. The molecule has 1 aliphatic rings. The fraction of sp³-hybridized carbons (Fsp3) is 0.333. The highest BCUT2D eigenvalue weighted by atomic mass is 32.1. The molecule has 0 aliphatic carbocycles. The molecule has 0 saturated carbocycles. The van der Waals surface area contributed by atoms with E-state index >= 15 is 0 Å². The number of hydrogen-bond donors (Lipinski definition) is 0. The molecule has 120 valence electrons. The van der Waals surface area contributed by atoms with Gasteiger partial charge < -0.3 is 9.80 Å². The van der Waals surface area contributed by atoms with Gasteiger partial charge in [-0.15, -0.1) is 11.3 Å². The Balaban J connectivity index is 1.81. The van der Waals surface area contributed by atoms with Crippen LogP contribution in [0.3, 0.4) is 0 Å². The first-order valence-electron chi connectivity index (χ1n) is 7.84. The van der Waals surface area contributed by atoms with Gasteiger partial charge in [-0.2, -0.15) is 0 Å². The lowest BCUT2D eigenvalue weighted by molar-refractivity contribution is -0.130. The van der Waals surface area contributed by atoms with Crippen molar-refractivity contribution in [3.05, 3.63) is 47.9 Å². The molecule has 4 nitrogen and oxygen atoms in total. The van der Waals surface area contributed by atoms with E-state index in [2.05, 4.69) is 6.58 Å². The summed E-state index contributed by atoms with van der Waals surface area (Å²) in [7, 11) is 0. The zero-order valence-electron chi connectivity index (χ0n) is 13.2. The SMILES string of the molecule is C=CC(=O)N1CCN(C(=O)c2csc3ccccc23)C[C@@H]1CC. The second-order valence-corrected chi connectivity index (χ2v) is 6.61. The van der Waals surface area contributed by atoms with Crippen LogP contribution in [0.25, 0.3) is 10.1 Å². The van der Waals surface area contributed by atoms with Gasteiger partial charge in [-0.25, -0.2) is 0 Å². The minimum atomic E-state index is -0.0510. The number of thiophene rings is 1. The lowest BCUT2D eigenvalue weighted by Crippen LogP contribution is -2.56. The molecule has 5 heteroatoms. The van der Waals surface area contributed by atoms with Crippen LogP contribution in [-0.4, -0.2) is 47.3 Å². The maximum Gasteiger partial charge on any atom is 0.255 e. The molecule has 1 aliphatic heterocycles. The molecule has 1 fully saturated rings. The van der Waals surface area contributed by atoms with Crippen LogP contribution in [0.2, 0.25) is 0 Å². The van der Waals surface area contributed by atoms with Gasteiger partial charge in [0.15, 0.2) is 0 Å². The number of carbonyl (C=O) groups excluding carboxylic acids is 2. The molecule has 2 amide bonds. The van der Waals surface area contributed by atoms with Gasteiger partial charge in [0.05, 0.1) is 5.56 Å². The maximum absolute atomic E-state index is 12.9. The van der Waals surface area contributed by atoms with E-state index in [-0.39, 0.29) is 17.9 Å². The summed E-state index contributed by atoms with van der Waals surface area (Å²) in [6.45, 7) is 7.32. The molecular formula is C18H20N2O2S. The minimum Gasteiger partial charge on any atom is -0.335 e. The zero-order chi connectivity index (χ0) is 16.4. The van der Waals surface area contributed by atoms with Crippen molar-refractivity contribution in [3.63, 3.8) is 0 Å². The van der Waals surface area contributed by atoms with Crippen molar-refractivity contribution in [2.75, 3.05) is 19.6 Å². The van der Waals surface area contributed by atoms with E-state index in [0.717, 1.165) is 22.1 Å². The fourth-order valence-corrected chi connectivity index (χ4v) is 4.05. The lowest BCUT2D eigenvalue weighted by Gasteiger charge is -2.40. The molecule has 0 radical (unpaired) electrons. The standard InChI is InChI=1S/C18H20N2O2S/c1-3-13-11-19(9-10-20(13)17(21)4-2)18(22)15-12-23-16-8-6-5-7-14(15)16/h4-8,12-13H,2-3,9-11H2,1H3/t13-/m0/s1. The third-order valence-corrected chi connectivity index (χ3v) is 5.37. The third kappa shape index (κ3) is 2.88. The minimum absolute atomic E-state index is 0.0510. The van der Waals surface area contributed by atoms with Crippen molar-refractivity contribution < 1.29 is 9.59 Å². The normalized spacial score (nSPS) is 18.2. The summed E-state index contributed by atoms with van der Waals surface area (Å²) >= 11 is 1.60. The van der Waals surface area contributed by atoms with Crippen molar-refractivity contribution in [1.29, 1.82) is 0 Å². The molecule has 1 saturated heterocycles. The summed E-state index contributed by atoms with van der Waals surface area (Å²) < 4.78 is 1.13. The van der Waals surface area contributed by atoms with Crippen molar-refractivity contribution >= 4 is 33.2 Å². The van der Waals surface area contributed by atoms with Crippen molar-refractivity contribution in [2.24, 2.45) is 0 Å².